The Labute approximate surface area is 232 Å². The molecule has 3 aromatic carbocycles. The number of amides is 2. The number of halogens is 2. The SMILES string of the molecule is CCOC(OCC)c1ccc(-c2nc3c(C(N)=O)cccc3[nH]2)cc1.Cl.Cl.NC(=O)c1cccc(N)c1N. The Morgan fingerprint density at radius 1 is 0.842 bits per heavy atom. The lowest BCUT2D eigenvalue weighted by Crippen LogP contribution is -2.14. The van der Waals surface area contributed by atoms with Gasteiger partial charge >= 0.3 is 0 Å². The molecule has 0 saturated carbocycles. The number of nitrogens with zero attached hydrogens (tertiary/aromatic N) is 1. The van der Waals surface area contributed by atoms with Crippen LogP contribution in [0.15, 0.2) is 60.7 Å². The number of hydrogen-bond acceptors (Lipinski definition) is 7. The maximum atomic E-state index is 11.5. The summed E-state index contributed by atoms with van der Waals surface area (Å²) in [5, 5.41) is 0. The molecule has 0 unspecified atom stereocenters. The molecule has 2 amide bonds. The normalized spacial score (nSPS) is 10.2. The first-order valence-corrected chi connectivity index (χ1v) is 11.3. The van der Waals surface area contributed by atoms with Gasteiger partial charge in [0.2, 0.25) is 0 Å². The summed E-state index contributed by atoms with van der Waals surface area (Å²) >= 11 is 0. The largest absolute Gasteiger partial charge is 0.397 e. The summed E-state index contributed by atoms with van der Waals surface area (Å²) in [6.45, 7) is 5.02. The van der Waals surface area contributed by atoms with Crippen molar-refractivity contribution in [3.63, 3.8) is 0 Å². The van der Waals surface area contributed by atoms with Crippen molar-refractivity contribution in [2.24, 2.45) is 11.5 Å². The summed E-state index contributed by atoms with van der Waals surface area (Å²) in [7, 11) is 0. The Hall–Kier alpha value is -3.83. The number of para-hydroxylation sites is 2. The van der Waals surface area contributed by atoms with Crippen LogP contribution in [0.3, 0.4) is 0 Å². The van der Waals surface area contributed by atoms with Gasteiger partial charge in [0.15, 0.2) is 6.29 Å². The van der Waals surface area contributed by atoms with Gasteiger partial charge in [0.1, 0.15) is 11.3 Å². The van der Waals surface area contributed by atoms with Gasteiger partial charge < -0.3 is 37.4 Å². The van der Waals surface area contributed by atoms with E-state index >= 15 is 0 Å². The zero-order chi connectivity index (χ0) is 26.2. The quantitative estimate of drug-likeness (QED) is 0.157. The second-order valence-corrected chi connectivity index (χ2v) is 7.69. The number of aromatic nitrogens is 2. The van der Waals surface area contributed by atoms with Crippen molar-refractivity contribution in [2.75, 3.05) is 24.7 Å². The molecule has 0 spiro atoms. The van der Waals surface area contributed by atoms with Gasteiger partial charge in [-0.25, -0.2) is 4.98 Å². The average Bonchev–Trinajstić information content (AvgIpc) is 3.30. The Kier molecular flexibility index (Phi) is 12.5. The molecule has 0 aliphatic rings. The van der Waals surface area contributed by atoms with E-state index in [1.807, 2.05) is 44.2 Å². The zero-order valence-corrected chi connectivity index (χ0v) is 22.6. The number of fused-ring (bicyclic) bond motifs is 1. The van der Waals surface area contributed by atoms with E-state index in [0.717, 1.165) is 16.6 Å². The number of rotatable bonds is 8. The minimum Gasteiger partial charge on any atom is -0.397 e. The third-order valence-electron chi connectivity index (χ3n) is 5.28. The molecule has 4 aromatic rings. The van der Waals surface area contributed by atoms with E-state index in [1.54, 1.807) is 24.3 Å². The molecule has 1 heterocycles. The fourth-order valence-corrected chi connectivity index (χ4v) is 3.51. The Bertz CT molecular complexity index is 1360. The number of ether oxygens (including phenoxy) is 2. The summed E-state index contributed by atoms with van der Waals surface area (Å²) in [4.78, 5) is 30.0. The highest BCUT2D eigenvalue weighted by atomic mass is 35.5. The van der Waals surface area contributed by atoms with E-state index in [0.29, 0.717) is 35.8 Å². The molecular weight excluding hydrogens is 531 g/mol. The molecule has 10 nitrogen and oxygen atoms in total. The molecule has 0 aliphatic heterocycles. The molecule has 0 radical (unpaired) electrons. The molecule has 1 aromatic heterocycles. The minimum atomic E-state index is -0.560. The number of nitrogen functional groups attached to an aromatic ring is 2. The second kappa shape index (κ2) is 14.8. The average molecular weight is 563 g/mol. The first-order valence-electron chi connectivity index (χ1n) is 11.3. The highest BCUT2D eigenvalue weighted by Crippen LogP contribution is 2.26. The maximum absolute atomic E-state index is 11.5. The van der Waals surface area contributed by atoms with Crippen molar-refractivity contribution in [1.82, 2.24) is 9.97 Å². The molecule has 38 heavy (non-hydrogen) atoms. The zero-order valence-electron chi connectivity index (χ0n) is 21.0. The smallest absolute Gasteiger partial charge is 0.250 e. The van der Waals surface area contributed by atoms with Gasteiger partial charge in [0, 0.05) is 24.3 Å². The van der Waals surface area contributed by atoms with Crippen molar-refractivity contribution in [3.8, 4) is 11.4 Å². The third-order valence-corrected chi connectivity index (χ3v) is 5.28. The van der Waals surface area contributed by atoms with E-state index in [-0.39, 0.29) is 42.4 Å². The van der Waals surface area contributed by atoms with Crippen LogP contribution in [0.4, 0.5) is 11.4 Å². The summed E-state index contributed by atoms with van der Waals surface area (Å²) in [6, 6.07) is 17.9. The number of anilines is 2. The molecule has 9 N–H and O–H groups in total. The van der Waals surface area contributed by atoms with Gasteiger partial charge in [-0.1, -0.05) is 36.4 Å². The van der Waals surface area contributed by atoms with Crippen molar-refractivity contribution >= 4 is 59.0 Å². The monoisotopic (exact) mass is 562 g/mol. The number of imidazole rings is 1. The molecule has 0 aliphatic carbocycles. The first-order chi connectivity index (χ1) is 17.3. The van der Waals surface area contributed by atoms with Gasteiger partial charge in [-0.05, 0) is 38.1 Å². The topological polar surface area (TPSA) is 185 Å². The van der Waals surface area contributed by atoms with E-state index < -0.39 is 11.8 Å². The summed E-state index contributed by atoms with van der Waals surface area (Å²) < 4.78 is 11.2. The van der Waals surface area contributed by atoms with Crippen LogP contribution in [-0.2, 0) is 9.47 Å². The van der Waals surface area contributed by atoms with Crippen molar-refractivity contribution in [2.45, 2.75) is 20.1 Å². The van der Waals surface area contributed by atoms with Crippen LogP contribution >= 0.6 is 24.8 Å². The number of primary amides is 2. The van der Waals surface area contributed by atoms with Gasteiger partial charge in [-0.15, -0.1) is 24.8 Å². The molecule has 0 saturated heterocycles. The minimum absolute atomic E-state index is 0. The molecule has 0 bridgehead atoms. The van der Waals surface area contributed by atoms with Crippen LogP contribution < -0.4 is 22.9 Å². The van der Waals surface area contributed by atoms with Gasteiger partial charge in [-0.3, -0.25) is 9.59 Å². The van der Waals surface area contributed by atoms with Crippen LogP contribution in [0.5, 0.6) is 0 Å². The number of hydrogen-bond donors (Lipinski definition) is 5. The Morgan fingerprint density at radius 2 is 1.39 bits per heavy atom. The van der Waals surface area contributed by atoms with Crippen molar-refractivity contribution in [1.29, 1.82) is 0 Å². The maximum Gasteiger partial charge on any atom is 0.250 e. The van der Waals surface area contributed by atoms with E-state index in [1.165, 1.54) is 6.07 Å². The van der Waals surface area contributed by atoms with Crippen LogP contribution in [0, 0.1) is 0 Å². The lowest BCUT2D eigenvalue weighted by molar-refractivity contribution is -0.140. The summed E-state index contributed by atoms with van der Waals surface area (Å²) in [5.74, 6) is -0.371. The third kappa shape index (κ3) is 7.59. The van der Waals surface area contributed by atoms with Gasteiger partial charge in [0.05, 0.1) is 28.0 Å². The molecule has 0 fully saturated rings. The van der Waals surface area contributed by atoms with Crippen molar-refractivity contribution in [3.05, 3.63) is 77.4 Å². The number of benzene rings is 3. The van der Waals surface area contributed by atoms with Crippen LogP contribution in [0.1, 0.15) is 46.4 Å². The predicted octanol–water partition coefficient (Wildman–Crippen LogP) is 4.19. The number of nitrogens with two attached hydrogens (primary N) is 4. The number of carbonyl (C=O) groups excluding carboxylic acids is 2. The molecule has 4 rings (SSSR count). The lowest BCUT2D eigenvalue weighted by Gasteiger charge is -2.17. The fourth-order valence-electron chi connectivity index (χ4n) is 3.51. The number of carbonyl (C=O) groups is 2. The van der Waals surface area contributed by atoms with E-state index in [4.69, 9.17) is 32.4 Å². The van der Waals surface area contributed by atoms with E-state index in [2.05, 4.69) is 9.97 Å². The van der Waals surface area contributed by atoms with Gasteiger partial charge in [0.25, 0.3) is 11.8 Å². The predicted molar refractivity (Wildman–Crippen MR) is 154 cm³/mol. The molecule has 204 valence electrons. The van der Waals surface area contributed by atoms with Crippen LogP contribution in [-0.4, -0.2) is 35.0 Å². The van der Waals surface area contributed by atoms with Gasteiger partial charge in [-0.2, -0.15) is 0 Å². The number of H-pyrrole nitrogens is 1. The highest BCUT2D eigenvalue weighted by Gasteiger charge is 2.14. The molecule has 12 heteroatoms. The number of nitrogens with one attached hydrogen (secondary N) is 1. The Morgan fingerprint density at radius 3 is 1.92 bits per heavy atom. The van der Waals surface area contributed by atoms with Crippen LogP contribution in [0.25, 0.3) is 22.4 Å². The Balaban J connectivity index is 0.000000472. The standard InChI is InChI=1S/C19H21N3O3.C7H9N3O.2ClH/c1-3-24-19(25-4-2)13-10-8-12(9-11-13)18-21-15-7-5-6-14(17(20)23)16(15)22-18;8-5-3-1-2-4(6(5)9)7(10)11;;/h5-11,19H,3-4H2,1-2H3,(H2,20,23)(H,21,22);1-3H,8-9H2,(H2,10,11);2*1H. The second-order valence-electron chi connectivity index (χ2n) is 7.69. The molecular formula is C26H32Cl2N6O4. The number of aromatic amines is 1. The summed E-state index contributed by atoms with van der Waals surface area (Å²) in [6.07, 6.45) is -0.374. The summed E-state index contributed by atoms with van der Waals surface area (Å²) in [5.41, 5.74) is 25.8. The van der Waals surface area contributed by atoms with Crippen LogP contribution in [0.2, 0.25) is 0 Å². The highest BCUT2D eigenvalue weighted by molar-refractivity contribution is 6.04. The van der Waals surface area contributed by atoms with Crippen molar-refractivity contribution < 1.29 is 19.1 Å². The van der Waals surface area contributed by atoms with E-state index in [9.17, 15) is 9.59 Å². The fraction of sp³-hybridized carbons (Fsp3) is 0.192. The molecule has 0 atom stereocenters. The lowest BCUT2D eigenvalue weighted by atomic mass is 10.1. The first kappa shape index (κ1) is 32.2.